The number of nitrogens with zero attached hydrogens (tertiary/aromatic N) is 2. The van der Waals surface area contributed by atoms with Crippen molar-refractivity contribution in [1.82, 2.24) is 4.57 Å². The summed E-state index contributed by atoms with van der Waals surface area (Å²) in [5.41, 5.74) is -1.52. The second-order valence-corrected chi connectivity index (χ2v) is 5.20. The van der Waals surface area contributed by atoms with E-state index in [2.05, 4.69) is 0 Å². The number of fused-ring (bicyclic) bond motifs is 1. The van der Waals surface area contributed by atoms with Crippen molar-refractivity contribution >= 4 is 39.5 Å². The molecule has 2 aromatic rings. The molecule has 1 heterocycles. The van der Waals surface area contributed by atoms with Gasteiger partial charge in [0.05, 0.1) is 15.2 Å². The topological polar surface area (TPSA) is 48.1 Å². The standard InChI is InChI=1S/C9H5F3N2O2S2/c1-13-7-5(14(15)16)2-4(9(10,11)12)3-6(7)18-8(13)17/h2-3H,1H3. The first-order valence-corrected chi connectivity index (χ1v) is 5.79. The number of nitro benzene ring substituents is 1. The average Bonchev–Trinajstić information content (AvgIpc) is 2.52. The zero-order valence-electron chi connectivity index (χ0n) is 8.82. The highest BCUT2D eigenvalue weighted by Crippen LogP contribution is 2.38. The number of alkyl halides is 3. The van der Waals surface area contributed by atoms with Crippen molar-refractivity contribution in [3.8, 4) is 0 Å². The van der Waals surface area contributed by atoms with Crippen LogP contribution in [-0.4, -0.2) is 9.49 Å². The third kappa shape index (κ3) is 1.99. The van der Waals surface area contributed by atoms with E-state index in [1.807, 2.05) is 0 Å². The van der Waals surface area contributed by atoms with E-state index in [-0.39, 0.29) is 14.2 Å². The molecule has 1 aromatic carbocycles. The van der Waals surface area contributed by atoms with E-state index in [9.17, 15) is 23.3 Å². The lowest BCUT2D eigenvalue weighted by atomic mass is 10.2. The van der Waals surface area contributed by atoms with E-state index >= 15 is 0 Å². The molecule has 18 heavy (non-hydrogen) atoms. The molecule has 0 fully saturated rings. The molecule has 0 atom stereocenters. The Labute approximate surface area is 107 Å². The van der Waals surface area contributed by atoms with Crippen LogP contribution in [0.1, 0.15) is 5.56 Å². The molecule has 0 aliphatic heterocycles. The predicted molar refractivity (Wildman–Crippen MR) is 63.3 cm³/mol. The lowest BCUT2D eigenvalue weighted by Gasteiger charge is -2.07. The van der Waals surface area contributed by atoms with E-state index < -0.39 is 22.4 Å². The predicted octanol–water partition coefficient (Wildman–Crippen LogP) is 3.90. The second-order valence-electron chi connectivity index (χ2n) is 3.52. The van der Waals surface area contributed by atoms with E-state index in [1.165, 1.54) is 11.6 Å². The summed E-state index contributed by atoms with van der Waals surface area (Å²) in [5, 5.41) is 10.9. The third-order valence-corrected chi connectivity index (χ3v) is 3.89. The minimum absolute atomic E-state index is 0.114. The molecular formula is C9H5F3N2O2S2. The summed E-state index contributed by atoms with van der Waals surface area (Å²) in [6.07, 6.45) is -4.62. The summed E-state index contributed by atoms with van der Waals surface area (Å²) in [6.45, 7) is 0. The smallest absolute Gasteiger partial charge is 0.320 e. The molecule has 0 radical (unpaired) electrons. The van der Waals surface area contributed by atoms with Crippen molar-refractivity contribution in [2.75, 3.05) is 0 Å². The SMILES string of the molecule is Cn1c(=S)sc2cc(C(F)(F)F)cc([N+](=O)[O-])c21. The summed E-state index contributed by atoms with van der Waals surface area (Å²) in [4.78, 5) is 10.0. The number of halogens is 3. The Balaban J connectivity index is 2.92. The lowest BCUT2D eigenvalue weighted by Crippen LogP contribution is -2.06. The summed E-state index contributed by atoms with van der Waals surface area (Å²) in [6, 6.07) is 1.41. The fourth-order valence-electron chi connectivity index (χ4n) is 1.56. The van der Waals surface area contributed by atoms with Crippen LogP contribution in [0.5, 0.6) is 0 Å². The zero-order chi connectivity index (χ0) is 13.7. The molecule has 0 aliphatic carbocycles. The van der Waals surface area contributed by atoms with Crippen LogP contribution in [0, 0.1) is 14.1 Å². The Morgan fingerprint density at radius 2 is 2.06 bits per heavy atom. The van der Waals surface area contributed by atoms with Crippen molar-refractivity contribution < 1.29 is 18.1 Å². The van der Waals surface area contributed by atoms with Crippen molar-refractivity contribution in [3.63, 3.8) is 0 Å². The van der Waals surface area contributed by atoms with Crippen LogP contribution in [0.4, 0.5) is 18.9 Å². The van der Waals surface area contributed by atoms with Gasteiger partial charge >= 0.3 is 6.18 Å². The van der Waals surface area contributed by atoms with E-state index in [0.717, 1.165) is 17.4 Å². The van der Waals surface area contributed by atoms with Gasteiger partial charge in [0.2, 0.25) is 0 Å². The first-order chi connectivity index (χ1) is 8.21. The van der Waals surface area contributed by atoms with Gasteiger partial charge in [-0.3, -0.25) is 10.1 Å². The summed E-state index contributed by atoms with van der Waals surface area (Å²) in [7, 11) is 1.49. The highest BCUT2D eigenvalue weighted by molar-refractivity contribution is 7.73. The molecule has 0 unspecified atom stereocenters. The van der Waals surface area contributed by atoms with Crippen LogP contribution in [0.15, 0.2) is 12.1 Å². The second kappa shape index (κ2) is 4.02. The van der Waals surface area contributed by atoms with Gasteiger partial charge in [-0.15, -0.1) is 11.3 Å². The Hall–Kier alpha value is -1.48. The fraction of sp³-hybridized carbons (Fsp3) is 0.222. The van der Waals surface area contributed by atoms with Crippen LogP contribution in [0.25, 0.3) is 10.2 Å². The molecule has 96 valence electrons. The average molecular weight is 294 g/mol. The zero-order valence-corrected chi connectivity index (χ0v) is 10.4. The number of aromatic nitrogens is 1. The summed E-state index contributed by atoms with van der Waals surface area (Å²) < 4.78 is 39.6. The number of rotatable bonds is 1. The van der Waals surface area contributed by atoms with Gasteiger partial charge in [-0.2, -0.15) is 13.2 Å². The third-order valence-electron chi connectivity index (χ3n) is 2.39. The molecule has 1 aromatic heterocycles. The largest absolute Gasteiger partial charge is 0.416 e. The van der Waals surface area contributed by atoms with Crippen LogP contribution in [0.3, 0.4) is 0 Å². The van der Waals surface area contributed by atoms with Crippen molar-refractivity contribution in [1.29, 1.82) is 0 Å². The van der Waals surface area contributed by atoms with E-state index in [4.69, 9.17) is 12.2 Å². The highest BCUT2D eigenvalue weighted by atomic mass is 32.1. The molecule has 0 bridgehead atoms. The summed E-state index contributed by atoms with van der Waals surface area (Å²) >= 11 is 5.83. The van der Waals surface area contributed by atoms with Crippen LogP contribution in [-0.2, 0) is 13.2 Å². The molecule has 0 saturated heterocycles. The van der Waals surface area contributed by atoms with Gasteiger partial charge in [0.1, 0.15) is 5.52 Å². The number of hydrogen-bond donors (Lipinski definition) is 0. The van der Waals surface area contributed by atoms with Crippen molar-refractivity contribution in [2.45, 2.75) is 6.18 Å². The number of aryl methyl sites for hydroxylation is 1. The molecule has 0 amide bonds. The maximum Gasteiger partial charge on any atom is 0.416 e. The maximum absolute atomic E-state index is 12.6. The van der Waals surface area contributed by atoms with Gasteiger partial charge in [0.25, 0.3) is 5.69 Å². The van der Waals surface area contributed by atoms with E-state index in [0.29, 0.717) is 6.07 Å². The number of non-ortho nitro benzene ring substituents is 1. The van der Waals surface area contributed by atoms with Gasteiger partial charge in [-0.25, -0.2) is 0 Å². The van der Waals surface area contributed by atoms with Crippen LogP contribution in [0.2, 0.25) is 0 Å². The Kier molecular flexibility index (Phi) is 2.90. The highest BCUT2D eigenvalue weighted by Gasteiger charge is 2.34. The van der Waals surface area contributed by atoms with Crippen molar-refractivity contribution in [3.05, 3.63) is 31.8 Å². The Morgan fingerprint density at radius 1 is 1.44 bits per heavy atom. The van der Waals surface area contributed by atoms with Gasteiger partial charge in [0.15, 0.2) is 3.95 Å². The molecular weight excluding hydrogens is 289 g/mol. The molecule has 4 nitrogen and oxygen atoms in total. The quantitative estimate of drug-likeness (QED) is 0.455. The van der Waals surface area contributed by atoms with Gasteiger partial charge in [-0.05, 0) is 18.3 Å². The normalized spacial score (nSPS) is 12.0. The van der Waals surface area contributed by atoms with Gasteiger partial charge in [0, 0.05) is 13.1 Å². The van der Waals surface area contributed by atoms with Gasteiger partial charge < -0.3 is 4.57 Å². The molecule has 0 aliphatic rings. The maximum atomic E-state index is 12.6. The minimum Gasteiger partial charge on any atom is -0.320 e. The van der Waals surface area contributed by atoms with E-state index in [1.54, 1.807) is 0 Å². The lowest BCUT2D eigenvalue weighted by molar-refractivity contribution is -0.383. The van der Waals surface area contributed by atoms with Gasteiger partial charge in [-0.1, -0.05) is 0 Å². The Morgan fingerprint density at radius 3 is 2.56 bits per heavy atom. The number of benzene rings is 1. The van der Waals surface area contributed by atoms with Crippen molar-refractivity contribution in [2.24, 2.45) is 7.05 Å². The van der Waals surface area contributed by atoms with Crippen LogP contribution >= 0.6 is 23.6 Å². The molecule has 0 saturated carbocycles. The fourth-order valence-corrected chi connectivity index (χ4v) is 2.87. The first-order valence-electron chi connectivity index (χ1n) is 4.57. The molecule has 0 spiro atoms. The minimum atomic E-state index is -4.62. The Bertz CT molecular complexity index is 702. The number of nitro groups is 1. The first kappa shape index (κ1) is 13.0. The number of thiazole rings is 1. The molecule has 2 rings (SSSR count). The summed E-state index contributed by atoms with van der Waals surface area (Å²) in [5.74, 6) is 0. The van der Waals surface area contributed by atoms with Crippen LogP contribution < -0.4 is 0 Å². The molecule has 9 heteroatoms. The monoisotopic (exact) mass is 294 g/mol. The molecule has 0 N–H and O–H groups in total. The number of hydrogen-bond acceptors (Lipinski definition) is 4.